The Hall–Kier alpha value is -1.09. The number of hydrogen-bond acceptors (Lipinski definition) is 2. The lowest BCUT2D eigenvalue weighted by atomic mass is 10.1. The Labute approximate surface area is 83.3 Å². The molecule has 0 heterocycles. The van der Waals surface area contributed by atoms with Crippen LogP contribution in [-0.4, -0.2) is 5.91 Å². The number of halogens is 1. The van der Waals surface area contributed by atoms with Crippen molar-refractivity contribution in [1.82, 2.24) is 0 Å². The van der Waals surface area contributed by atoms with Crippen molar-refractivity contribution in [3.63, 3.8) is 0 Å². The standard InChI is InChI=1S/C8H5IN2O/c9-7-2-1-5(4-10)3-6(7)8(11)12/h1-3H,(H2,11,12). The average molecular weight is 272 g/mol. The molecule has 12 heavy (non-hydrogen) atoms. The third-order valence-electron chi connectivity index (χ3n) is 1.36. The molecule has 0 saturated heterocycles. The molecule has 0 aromatic heterocycles. The number of nitrogens with two attached hydrogens (primary N) is 1. The second-order valence-electron chi connectivity index (χ2n) is 2.17. The van der Waals surface area contributed by atoms with Gasteiger partial charge in [-0.05, 0) is 40.8 Å². The third-order valence-corrected chi connectivity index (χ3v) is 2.30. The van der Waals surface area contributed by atoms with Gasteiger partial charge in [-0.3, -0.25) is 4.79 Å². The molecule has 1 rings (SSSR count). The van der Waals surface area contributed by atoms with Gasteiger partial charge in [0, 0.05) is 3.57 Å². The molecule has 1 amide bonds. The fourth-order valence-corrected chi connectivity index (χ4v) is 1.38. The molecule has 0 atom stereocenters. The lowest BCUT2D eigenvalue weighted by Gasteiger charge is -1.98. The Bertz CT molecular complexity index is 368. The molecular weight excluding hydrogens is 267 g/mol. The maximum atomic E-state index is 10.8. The summed E-state index contributed by atoms with van der Waals surface area (Å²) in [5.74, 6) is -0.503. The molecule has 0 saturated carbocycles. The first-order chi connectivity index (χ1) is 5.65. The highest BCUT2D eigenvalue weighted by Crippen LogP contribution is 2.13. The molecule has 3 nitrogen and oxygen atoms in total. The van der Waals surface area contributed by atoms with Crippen molar-refractivity contribution in [2.45, 2.75) is 0 Å². The van der Waals surface area contributed by atoms with Crippen molar-refractivity contribution in [2.75, 3.05) is 0 Å². The van der Waals surface area contributed by atoms with E-state index in [1.54, 1.807) is 12.1 Å². The van der Waals surface area contributed by atoms with E-state index in [0.717, 1.165) is 3.57 Å². The molecule has 2 N–H and O–H groups in total. The Morgan fingerprint density at radius 1 is 1.58 bits per heavy atom. The van der Waals surface area contributed by atoms with Crippen molar-refractivity contribution >= 4 is 28.5 Å². The van der Waals surface area contributed by atoms with Crippen LogP contribution in [0.25, 0.3) is 0 Å². The Kier molecular flexibility index (Phi) is 2.65. The molecule has 1 aromatic carbocycles. The van der Waals surface area contributed by atoms with Crippen LogP contribution >= 0.6 is 22.6 Å². The summed E-state index contributed by atoms with van der Waals surface area (Å²) in [6.45, 7) is 0. The average Bonchev–Trinajstić information content (AvgIpc) is 2.05. The van der Waals surface area contributed by atoms with Crippen molar-refractivity contribution < 1.29 is 4.79 Å². The number of carbonyl (C=O) groups excluding carboxylic acids is 1. The van der Waals surface area contributed by atoms with Gasteiger partial charge in [0.2, 0.25) is 5.91 Å². The van der Waals surface area contributed by atoms with E-state index in [1.165, 1.54) is 6.07 Å². The van der Waals surface area contributed by atoms with Crippen LogP contribution in [0.2, 0.25) is 0 Å². The zero-order chi connectivity index (χ0) is 9.14. The van der Waals surface area contributed by atoms with Gasteiger partial charge in [0.15, 0.2) is 0 Å². The molecule has 0 aliphatic heterocycles. The summed E-state index contributed by atoms with van der Waals surface area (Å²) >= 11 is 2.00. The highest BCUT2D eigenvalue weighted by atomic mass is 127. The minimum atomic E-state index is -0.503. The normalized spacial score (nSPS) is 9.00. The molecule has 60 valence electrons. The zero-order valence-corrected chi connectivity index (χ0v) is 8.20. The van der Waals surface area contributed by atoms with Crippen molar-refractivity contribution in [3.05, 3.63) is 32.9 Å². The van der Waals surface area contributed by atoms with E-state index in [0.29, 0.717) is 11.1 Å². The molecule has 0 unspecified atom stereocenters. The molecule has 0 spiro atoms. The number of benzene rings is 1. The summed E-state index contributed by atoms with van der Waals surface area (Å²) in [7, 11) is 0. The van der Waals surface area contributed by atoms with Crippen LogP contribution in [0, 0.1) is 14.9 Å². The minimum Gasteiger partial charge on any atom is -0.366 e. The largest absolute Gasteiger partial charge is 0.366 e. The Balaban J connectivity index is 3.28. The molecule has 0 bridgehead atoms. The topological polar surface area (TPSA) is 66.9 Å². The number of amides is 1. The highest BCUT2D eigenvalue weighted by Gasteiger charge is 2.05. The maximum Gasteiger partial charge on any atom is 0.249 e. The van der Waals surface area contributed by atoms with Gasteiger partial charge in [0.25, 0.3) is 0 Å². The van der Waals surface area contributed by atoms with Crippen molar-refractivity contribution in [2.24, 2.45) is 5.73 Å². The monoisotopic (exact) mass is 272 g/mol. The van der Waals surface area contributed by atoms with E-state index in [2.05, 4.69) is 0 Å². The van der Waals surface area contributed by atoms with Crippen LogP contribution in [0.3, 0.4) is 0 Å². The van der Waals surface area contributed by atoms with Gasteiger partial charge < -0.3 is 5.73 Å². The van der Waals surface area contributed by atoms with E-state index in [-0.39, 0.29) is 0 Å². The van der Waals surface area contributed by atoms with Crippen molar-refractivity contribution in [3.8, 4) is 6.07 Å². The first-order valence-electron chi connectivity index (χ1n) is 3.14. The first kappa shape index (κ1) is 9.00. The minimum absolute atomic E-state index is 0.398. The number of nitrogens with zero attached hydrogens (tertiary/aromatic N) is 1. The summed E-state index contributed by atoms with van der Waals surface area (Å²) in [4.78, 5) is 10.8. The van der Waals surface area contributed by atoms with E-state index in [4.69, 9.17) is 11.0 Å². The fraction of sp³-hybridized carbons (Fsp3) is 0. The van der Waals surface area contributed by atoms with Crippen LogP contribution in [0.5, 0.6) is 0 Å². The second kappa shape index (κ2) is 3.54. The maximum absolute atomic E-state index is 10.8. The molecule has 4 heteroatoms. The van der Waals surface area contributed by atoms with Gasteiger partial charge in [-0.2, -0.15) is 5.26 Å². The highest BCUT2D eigenvalue weighted by molar-refractivity contribution is 14.1. The van der Waals surface area contributed by atoms with Crippen LogP contribution in [-0.2, 0) is 0 Å². The van der Waals surface area contributed by atoms with Gasteiger partial charge in [-0.15, -0.1) is 0 Å². The molecular formula is C8H5IN2O. The quantitative estimate of drug-likeness (QED) is 0.782. The summed E-state index contributed by atoms with van der Waals surface area (Å²) in [6, 6.07) is 6.77. The number of primary amides is 1. The smallest absolute Gasteiger partial charge is 0.249 e. The molecule has 0 aliphatic carbocycles. The predicted molar refractivity (Wildman–Crippen MR) is 52.4 cm³/mol. The Morgan fingerprint density at radius 3 is 2.75 bits per heavy atom. The second-order valence-corrected chi connectivity index (χ2v) is 3.33. The SMILES string of the molecule is N#Cc1ccc(I)c(C(N)=O)c1. The summed E-state index contributed by atoms with van der Waals surface area (Å²) in [5.41, 5.74) is 5.93. The molecule has 0 radical (unpaired) electrons. The van der Waals surface area contributed by atoms with Crippen LogP contribution in [0.4, 0.5) is 0 Å². The Morgan fingerprint density at radius 2 is 2.25 bits per heavy atom. The van der Waals surface area contributed by atoms with Crippen LogP contribution < -0.4 is 5.73 Å². The van der Waals surface area contributed by atoms with Gasteiger partial charge >= 0.3 is 0 Å². The zero-order valence-electron chi connectivity index (χ0n) is 6.04. The number of carbonyl (C=O) groups is 1. The summed E-state index contributed by atoms with van der Waals surface area (Å²) < 4.78 is 0.763. The van der Waals surface area contributed by atoms with Crippen LogP contribution in [0.1, 0.15) is 15.9 Å². The van der Waals surface area contributed by atoms with Crippen molar-refractivity contribution in [1.29, 1.82) is 5.26 Å². The number of nitriles is 1. The first-order valence-corrected chi connectivity index (χ1v) is 4.22. The fourth-order valence-electron chi connectivity index (χ4n) is 0.784. The number of rotatable bonds is 1. The van der Waals surface area contributed by atoms with E-state index >= 15 is 0 Å². The molecule has 0 aliphatic rings. The van der Waals surface area contributed by atoms with Gasteiger partial charge in [-0.25, -0.2) is 0 Å². The predicted octanol–water partition coefficient (Wildman–Crippen LogP) is 1.26. The number of hydrogen-bond donors (Lipinski definition) is 1. The van der Waals surface area contributed by atoms with Gasteiger partial charge in [0.1, 0.15) is 0 Å². The van der Waals surface area contributed by atoms with E-state index < -0.39 is 5.91 Å². The van der Waals surface area contributed by atoms with Crippen LogP contribution in [0.15, 0.2) is 18.2 Å². The van der Waals surface area contributed by atoms with E-state index in [1.807, 2.05) is 28.7 Å². The van der Waals surface area contributed by atoms with Gasteiger partial charge in [0.05, 0.1) is 17.2 Å². The summed E-state index contributed by atoms with van der Waals surface area (Å²) in [6.07, 6.45) is 0. The van der Waals surface area contributed by atoms with E-state index in [9.17, 15) is 4.79 Å². The van der Waals surface area contributed by atoms with Gasteiger partial charge in [-0.1, -0.05) is 0 Å². The lowest BCUT2D eigenvalue weighted by molar-refractivity contribution is 0.0999. The summed E-state index contributed by atoms with van der Waals surface area (Å²) in [5, 5.41) is 8.53. The molecule has 1 aromatic rings. The third kappa shape index (κ3) is 1.74. The molecule has 0 fully saturated rings. The lowest BCUT2D eigenvalue weighted by Crippen LogP contribution is -2.12.